The molecule has 2 rings (SSSR count). The SMILES string of the molecule is NC1CCCCC1NC(=O)c1ccc(Cl)c(Cl)c1. The van der Waals surface area contributed by atoms with E-state index < -0.39 is 0 Å². The van der Waals surface area contributed by atoms with Gasteiger partial charge in [-0.15, -0.1) is 0 Å². The topological polar surface area (TPSA) is 55.1 Å². The van der Waals surface area contributed by atoms with Crippen molar-refractivity contribution < 1.29 is 4.79 Å². The molecule has 0 radical (unpaired) electrons. The molecule has 0 heterocycles. The van der Waals surface area contributed by atoms with E-state index in [4.69, 9.17) is 28.9 Å². The van der Waals surface area contributed by atoms with E-state index in [2.05, 4.69) is 5.32 Å². The Balaban J connectivity index is 2.04. The molecule has 2 atom stereocenters. The number of nitrogens with one attached hydrogen (secondary N) is 1. The van der Waals surface area contributed by atoms with Gasteiger partial charge in [-0.1, -0.05) is 36.0 Å². The third-order valence-electron chi connectivity index (χ3n) is 3.32. The monoisotopic (exact) mass is 286 g/mol. The van der Waals surface area contributed by atoms with Gasteiger partial charge in [-0.25, -0.2) is 0 Å². The highest BCUT2D eigenvalue weighted by atomic mass is 35.5. The predicted octanol–water partition coefficient (Wildman–Crippen LogP) is 2.99. The lowest BCUT2D eigenvalue weighted by atomic mass is 9.91. The molecule has 1 amide bonds. The third kappa shape index (κ3) is 3.16. The van der Waals surface area contributed by atoms with Crippen molar-refractivity contribution in [1.82, 2.24) is 5.32 Å². The van der Waals surface area contributed by atoms with E-state index in [-0.39, 0.29) is 18.0 Å². The first-order chi connectivity index (χ1) is 8.58. The van der Waals surface area contributed by atoms with E-state index in [0.717, 1.165) is 25.7 Å². The van der Waals surface area contributed by atoms with Crippen molar-refractivity contribution >= 4 is 29.1 Å². The Labute approximate surface area is 117 Å². The van der Waals surface area contributed by atoms with Gasteiger partial charge in [0.15, 0.2) is 0 Å². The smallest absolute Gasteiger partial charge is 0.251 e. The van der Waals surface area contributed by atoms with Crippen molar-refractivity contribution in [1.29, 1.82) is 0 Å². The number of hydrogen-bond donors (Lipinski definition) is 2. The second-order valence-electron chi connectivity index (χ2n) is 4.66. The van der Waals surface area contributed by atoms with Gasteiger partial charge in [0.1, 0.15) is 0 Å². The molecule has 18 heavy (non-hydrogen) atoms. The van der Waals surface area contributed by atoms with Crippen LogP contribution in [0.4, 0.5) is 0 Å². The molecule has 0 aliphatic heterocycles. The Morgan fingerprint density at radius 1 is 1.22 bits per heavy atom. The summed E-state index contributed by atoms with van der Waals surface area (Å²) >= 11 is 11.7. The molecule has 1 aromatic carbocycles. The lowest BCUT2D eigenvalue weighted by molar-refractivity contribution is 0.0921. The molecule has 0 saturated heterocycles. The van der Waals surface area contributed by atoms with Crippen molar-refractivity contribution in [3.05, 3.63) is 33.8 Å². The molecular formula is C13H16Cl2N2O. The van der Waals surface area contributed by atoms with Crippen LogP contribution in [0.15, 0.2) is 18.2 Å². The highest BCUT2D eigenvalue weighted by Gasteiger charge is 2.23. The largest absolute Gasteiger partial charge is 0.348 e. The highest BCUT2D eigenvalue weighted by molar-refractivity contribution is 6.42. The summed E-state index contributed by atoms with van der Waals surface area (Å²) in [7, 11) is 0. The maximum atomic E-state index is 12.1. The van der Waals surface area contributed by atoms with Gasteiger partial charge in [0.05, 0.1) is 10.0 Å². The number of benzene rings is 1. The molecule has 0 spiro atoms. The summed E-state index contributed by atoms with van der Waals surface area (Å²) in [6, 6.07) is 4.97. The van der Waals surface area contributed by atoms with Gasteiger partial charge in [-0.3, -0.25) is 4.79 Å². The second-order valence-corrected chi connectivity index (χ2v) is 5.47. The maximum absolute atomic E-state index is 12.1. The van der Waals surface area contributed by atoms with Gasteiger partial charge in [-0.05, 0) is 31.0 Å². The number of carbonyl (C=O) groups excluding carboxylic acids is 1. The van der Waals surface area contributed by atoms with Gasteiger partial charge >= 0.3 is 0 Å². The van der Waals surface area contributed by atoms with Crippen LogP contribution in [0.1, 0.15) is 36.0 Å². The average Bonchev–Trinajstić information content (AvgIpc) is 2.35. The summed E-state index contributed by atoms with van der Waals surface area (Å²) in [5, 5.41) is 3.80. The number of carbonyl (C=O) groups is 1. The van der Waals surface area contributed by atoms with E-state index in [1.165, 1.54) is 0 Å². The van der Waals surface area contributed by atoms with Crippen molar-refractivity contribution in [2.45, 2.75) is 37.8 Å². The van der Waals surface area contributed by atoms with Crippen LogP contribution in [-0.4, -0.2) is 18.0 Å². The number of halogens is 2. The summed E-state index contributed by atoms with van der Waals surface area (Å²) in [4.78, 5) is 12.1. The van der Waals surface area contributed by atoms with Crippen LogP contribution >= 0.6 is 23.2 Å². The minimum Gasteiger partial charge on any atom is -0.348 e. The van der Waals surface area contributed by atoms with Gasteiger partial charge in [0.2, 0.25) is 0 Å². The zero-order valence-corrected chi connectivity index (χ0v) is 11.5. The minimum atomic E-state index is -0.143. The molecule has 3 N–H and O–H groups in total. The molecular weight excluding hydrogens is 271 g/mol. The fourth-order valence-electron chi connectivity index (χ4n) is 2.23. The first kappa shape index (κ1) is 13.7. The summed E-state index contributed by atoms with van der Waals surface area (Å²) < 4.78 is 0. The number of hydrogen-bond acceptors (Lipinski definition) is 2. The Kier molecular flexibility index (Phi) is 4.49. The van der Waals surface area contributed by atoms with Crippen molar-refractivity contribution in [2.24, 2.45) is 5.73 Å². The van der Waals surface area contributed by atoms with E-state index in [0.29, 0.717) is 15.6 Å². The van der Waals surface area contributed by atoms with E-state index in [1.54, 1.807) is 18.2 Å². The number of rotatable bonds is 2. The third-order valence-corrected chi connectivity index (χ3v) is 4.06. The normalized spacial score (nSPS) is 23.7. The molecule has 98 valence electrons. The summed E-state index contributed by atoms with van der Waals surface area (Å²) in [5.41, 5.74) is 6.51. The Morgan fingerprint density at radius 3 is 2.61 bits per heavy atom. The van der Waals surface area contributed by atoms with Crippen LogP contribution in [0.2, 0.25) is 10.0 Å². The van der Waals surface area contributed by atoms with E-state index in [9.17, 15) is 4.79 Å². The molecule has 0 bridgehead atoms. The minimum absolute atomic E-state index is 0.0467. The van der Waals surface area contributed by atoms with Crippen LogP contribution < -0.4 is 11.1 Å². The highest BCUT2D eigenvalue weighted by Crippen LogP contribution is 2.23. The standard InChI is InChI=1S/C13H16Cl2N2O/c14-9-6-5-8(7-10(9)15)13(18)17-12-4-2-1-3-11(12)16/h5-7,11-12H,1-4,16H2,(H,17,18). The van der Waals surface area contributed by atoms with Crippen molar-refractivity contribution in [2.75, 3.05) is 0 Å². The van der Waals surface area contributed by atoms with E-state index >= 15 is 0 Å². The van der Waals surface area contributed by atoms with Crippen LogP contribution in [0.25, 0.3) is 0 Å². The van der Waals surface area contributed by atoms with Crippen LogP contribution in [-0.2, 0) is 0 Å². The first-order valence-corrected chi connectivity index (χ1v) is 6.85. The molecule has 1 aliphatic carbocycles. The summed E-state index contributed by atoms with van der Waals surface area (Å²) in [5.74, 6) is -0.143. The fourth-order valence-corrected chi connectivity index (χ4v) is 2.53. The van der Waals surface area contributed by atoms with Crippen LogP contribution in [0.3, 0.4) is 0 Å². The lowest BCUT2D eigenvalue weighted by Crippen LogP contribution is -2.49. The first-order valence-electron chi connectivity index (χ1n) is 6.09. The Morgan fingerprint density at radius 2 is 1.94 bits per heavy atom. The zero-order valence-electron chi connectivity index (χ0n) is 9.96. The molecule has 1 aromatic rings. The predicted molar refractivity (Wildman–Crippen MR) is 74.2 cm³/mol. The Hall–Kier alpha value is -0.770. The zero-order chi connectivity index (χ0) is 13.1. The molecule has 3 nitrogen and oxygen atoms in total. The van der Waals surface area contributed by atoms with Crippen molar-refractivity contribution in [3.8, 4) is 0 Å². The fraction of sp³-hybridized carbons (Fsp3) is 0.462. The quantitative estimate of drug-likeness (QED) is 0.878. The summed E-state index contributed by atoms with van der Waals surface area (Å²) in [6.07, 6.45) is 4.15. The Bertz CT molecular complexity index is 451. The van der Waals surface area contributed by atoms with E-state index in [1.807, 2.05) is 0 Å². The lowest BCUT2D eigenvalue weighted by Gasteiger charge is -2.29. The van der Waals surface area contributed by atoms with Gasteiger partial charge in [0, 0.05) is 17.6 Å². The molecule has 1 aliphatic rings. The molecule has 0 aromatic heterocycles. The maximum Gasteiger partial charge on any atom is 0.251 e. The number of amides is 1. The van der Waals surface area contributed by atoms with Crippen LogP contribution in [0.5, 0.6) is 0 Å². The van der Waals surface area contributed by atoms with Gasteiger partial charge < -0.3 is 11.1 Å². The number of nitrogens with two attached hydrogens (primary N) is 1. The molecule has 1 saturated carbocycles. The average molecular weight is 287 g/mol. The van der Waals surface area contributed by atoms with Crippen molar-refractivity contribution in [3.63, 3.8) is 0 Å². The van der Waals surface area contributed by atoms with Gasteiger partial charge in [-0.2, -0.15) is 0 Å². The second kappa shape index (κ2) is 5.91. The molecule has 2 unspecified atom stereocenters. The van der Waals surface area contributed by atoms with Gasteiger partial charge in [0.25, 0.3) is 5.91 Å². The van der Waals surface area contributed by atoms with Crippen LogP contribution in [0, 0.1) is 0 Å². The molecule has 5 heteroatoms. The molecule has 1 fully saturated rings. The summed E-state index contributed by atoms with van der Waals surface area (Å²) in [6.45, 7) is 0.